The van der Waals surface area contributed by atoms with E-state index in [-0.39, 0.29) is 5.91 Å². The molecule has 0 aliphatic carbocycles. The molecule has 0 atom stereocenters. The zero-order valence-electron chi connectivity index (χ0n) is 11.6. The van der Waals surface area contributed by atoms with Gasteiger partial charge in [-0.05, 0) is 41.9 Å². The van der Waals surface area contributed by atoms with Crippen molar-refractivity contribution in [2.24, 2.45) is 0 Å². The second-order valence-corrected chi connectivity index (χ2v) is 5.06. The first kappa shape index (κ1) is 15.6. The van der Waals surface area contributed by atoms with Crippen molar-refractivity contribution in [2.75, 3.05) is 11.4 Å². The maximum atomic E-state index is 13.3. The van der Waals surface area contributed by atoms with Crippen LogP contribution in [0.5, 0.6) is 0 Å². The van der Waals surface area contributed by atoms with Crippen molar-refractivity contribution in [1.82, 2.24) is 9.78 Å². The molecule has 1 aromatic heterocycles. The lowest BCUT2D eigenvalue weighted by molar-refractivity contribution is 0.0987. The number of carbonyl (C=O) groups excluding carboxylic acids is 1. The van der Waals surface area contributed by atoms with Crippen molar-refractivity contribution >= 4 is 27.5 Å². The van der Waals surface area contributed by atoms with Crippen LogP contribution < -0.4 is 4.90 Å². The van der Waals surface area contributed by atoms with E-state index in [4.69, 9.17) is 0 Å². The molecule has 1 heterocycles. The Morgan fingerprint density at radius 1 is 1.33 bits per heavy atom. The Labute approximate surface area is 129 Å². The van der Waals surface area contributed by atoms with E-state index in [1.165, 1.54) is 17.2 Å². The Hall–Kier alpha value is -1.76. The molecule has 0 radical (unpaired) electrons. The smallest absolute Gasteiger partial charge is 0.262 e. The summed E-state index contributed by atoms with van der Waals surface area (Å²) in [6.07, 6.45) is 1.46. The summed E-state index contributed by atoms with van der Waals surface area (Å²) in [5.74, 6) is -2.25. The van der Waals surface area contributed by atoms with Crippen LogP contribution in [0.25, 0.3) is 0 Å². The summed E-state index contributed by atoms with van der Waals surface area (Å²) in [7, 11) is 0. The van der Waals surface area contributed by atoms with Gasteiger partial charge in [-0.3, -0.25) is 9.48 Å². The Balaban J connectivity index is 2.38. The Morgan fingerprint density at radius 2 is 2.05 bits per heavy atom. The maximum Gasteiger partial charge on any atom is 0.262 e. The third-order valence-electron chi connectivity index (χ3n) is 3.08. The molecule has 0 bridgehead atoms. The van der Waals surface area contributed by atoms with Gasteiger partial charge in [-0.25, -0.2) is 8.78 Å². The zero-order chi connectivity index (χ0) is 15.6. The summed E-state index contributed by atoms with van der Waals surface area (Å²) in [6, 6.07) is 3.39. The summed E-state index contributed by atoms with van der Waals surface area (Å²) >= 11 is 3.33. The number of halogens is 3. The molecule has 0 fully saturated rings. The van der Waals surface area contributed by atoms with Crippen LogP contribution in [0.15, 0.2) is 29.0 Å². The van der Waals surface area contributed by atoms with E-state index in [9.17, 15) is 13.6 Å². The highest BCUT2D eigenvalue weighted by Gasteiger charge is 2.22. The van der Waals surface area contributed by atoms with Gasteiger partial charge in [-0.1, -0.05) is 0 Å². The molecular weight excluding hydrogens is 344 g/mol. The number of carbonyl (C=O) groups is 1. The minimum Gasteiger partial charge on any atom is -0.308 e. The maximum absolute atomic E-state index is 13.3. The lowest BCUT2D eigenvalue weighted by Crippen LogP contribution is -2.30. The normalized spacial score (nSPS) is 10.7. The van der Waals surface area contributed by atoms with Crippen LogP contribution >= 0.6 is 15.9 Å². The van der Waals surface area contributed by atoms with Gasteiger partial charge in [0.05, 0.1) is 11.8 Å². The van der Waals surface area contributed by atoms with Crippen LogP contribution in [0.3, 0.4) is 0 Å². The summed E-state index contributed by atoms with van der Waals surface area (Å²) in [5.41, 5.74) is 0.681. The fourth-order valence-electron chi connectivity index (χ4n) is 1.98. The van der Waals surface area contributed by atoms with E-state index in [2.05, 4.69) is 21.0 Å². The van der Waals surface area contributed by atoms with Crippen LogP contribution in [0.2, 0.25) is 0 Å². The number of benzene rings is 1. The predicted octanol–water partition coefficient (Wildman–Crippen LogP) is 3.61. The molecule has 2 rings (SSSR count). The van der Waals surface area contributed by atoms with Crippen LogP contribution in [0.4, 0.5) is 14.5 Å². The second-order valence-electron chi connectivity index (χ2n) is 4.31. The molecule has 7 heteroatoms. The average Bonchev–Trinajstić information content (AvgIpc) is 2.84. The van der Waals surface area contributed by atoms with Gasteiger partial charge in [0.1, 0.15) is 4.60 Å². The average molecular weight is 358 g/mol. The minimum absolute atomic E-state index is 0.303. The number of anilines is 1. The van der Waals surface area contributed by atoms with E-state index in [1.807, 2.05) is 6.92 Å². The molecule has 2 aromatic rings. The van der Waals surface area contributed by atoms with E-state index in [0.29, 0.717) is 28.9 Å². The van der Waals surface area contributed by atoms with Crippen LogP contribution in [-0.2, 0) is 6.54 Å². The van der Waals surface area contributed by atoms with E-state index < -0.39 is 11.6 Å². The first-order valence-electron chi connectivity index (χ1n) is 6.47. The second kappa shape index (κ2) is 6.34. The summed E-state index contributed by atoms with van der Waals surface area (Å²) in [4.78, 5) is 13.9. The van der Waals surface area contributed by atoms with Crippen molar-refractivity contribution in [3.63, 3.8) is 0 Å². The summed E-state index contributed by atoms with van der Waals surface area (Å²) in [6.45, 7) is 4.61. The highest BCUT2D eigenvalue weighted by atomic mass is 79.9. The molecule has 4 nitrogen and oxygen atoms in total. The van der Waals surface area contributed by atoms with Gasteiger partial charge in [0.25, 0.3) is 5.91 Å². The zero-order valence-corrected chi connectivity index (χ0v) is 13.2. The summed E-state index contributed by atoms with van der Waals surface area (Å²) in [5, 5.41) is 4.09. The van der Waals surface area contributed by atoms with Gasteiger partial charge >= 0.3 is 0 Å². The van der Waals surface area contributed by atoms with Crippen molar-refractivity contribution in [3.8, 4) is 0 Å². The molecule has 21 heavy (non-hydrogen) atoms. The molecule has 0 saturated heterocycles. The van der Waals surface area contributed by atoms with Crippen LogP contribution in [0, 0.1) is 11.6 Å². The third kappa shape index (κ3) is 2.97. The van der Waals surface area contributed by atoms with Gasteiger partial charge in [-0.15, -0.1) is 0 Å². The number of amides is 1. The Kier molecular flexibility index (Phi) is 4.72. The SMILES string of the molecule is CCN(C(=O)c1cnn(CC)c1Br)c1ccc(F)c(F)c1. The minimum atomic E-state index is -0.984. The number of hydrogen-bond acceptors (Lipinski definition) is 2. The van der Waals surface area contributed by atoms with Crippen LogP contribution in [0.1, 0.15) is 24.2 Å². The van der Waals surface area contributed by atoms with Crippen molar-refractivity contribution in [2.45, 2.75) is 20.4 Å². The number of nitrogens with zero attached hydrogens (tertiary/aromatic N) is 3. The molecule has 112 valence electrons. The first-order valence-corrected chi connectivity index (χ1v) is 7.27. The highest BCUT2D eigenvalue weighted by Crippen LogP contribution is 2.23. The molecule has 1 aromatic carbocycles. The highest BCUT2D eigenvalue weighted by molar-refractivity contribution is 9.10. The largest absolute Gasteiger partial charge is 0.308 e. The van der Waals surface area contributed by atoms with Crippen LogP contribution in [-0.4, -0.2) is 22.2 Å². The third-order valence-corrected chi connectivity index (χ3v) is 3.92. The van der Waals surface area contributed by atoms with Gasteiger partial charge in [-0.2, -0.15) is 5.10 Å². The standard InChI is InChI=1S/C14H14BrF2N3O/c1-3-19(9-5-6-11(16)12(17)7-9)14(21)10-8-18-20(4-2)13(10)15/h5-8H,3-4H2,1-2H3. The number of aryl methyl sites for hydroxylation is 1. The predicted molar refractivity (Wildman–Crippen MR) is 79.3 cm³/mol. The Bertz CT molecular complexity index is 672. The number of aromatic nitrogens is 2. The topological polar surface area (TPSA) is 38.1 Å². The molecule has 0 saturated carbocycles. The summed E-state index contributed by atoms with van der Waals surface area (Å²) < 4.78 is 28.5. The van der Waals surface area contributed by atoms with Crippen molar-refractivity contribution in [3.05, 3.63) is 46.2 Å². The molecule has 1 amide bonds. The quantitative estimate of drug-likeness (QED) is 0.838. The number of rotatable bonds is 4. The molecule has 0 N–H and O–H groups in total. The molecule has 0 aliphatic rings. The fourth-order valence-corrected chi connectivity index (χ4v) is 2.59. The number of hydrogen-bond donors (Lipinski definition) is 0. The monoisotopic (exact) mass is 357 g/mol. The van der Waals surface area contributed by atoms with Gasteiger partial charge in [0, 0.05) is 24.8 Å². The fraction of sp³-hybridized carbons (Fsp3) is 0.286. The van der Waals surface area contributed by atoms with E-state index in [0.717, 1.165) is 12.1 Å². The Morgan fingerprint density at radius 3 is 2.57 bits per heavy atom. The van der Waals surface area contributed by atoms with E-state index in [1.54, 1.807) is 11.6 Å². The van der Waals surface area contributed by atoms with Crippen molar-refractivity contribution in [1.29, 1.82) is 0 Å². The van der Waals surface area contributed by atoms with Crippen molar-refractivity contribution < 1.29 is 13.6 Å². The van der Waals surface area contributed by atoms with Gasteiger partial charge in [0.2, 0.25) is 0 Å². The van der Waals surface area contributed by atoms with Gasteiger partial charge in [0.15, 0.2) is 11.6 Å². The molecular formula is C14H14BrF2N3O. The lowest BCUT2D eigenvalue weighted by atomic mass is 10.2. The van der Waals surface area contributed by atoms with Gasteiger partial charge < -0.3 is 4.90 Å². The molecule has 0 unspecified atom stereocenters. The van der Waals surface area contributed by atoms with E-state index >= 15 is 0 Å². The molecule has 0 spiro atoms. The first-order chi connectivity index (χ1) is 9.99. The molecule has 0 aliphatic heterocycles. The lowest BCUT2D eigenvalue weighted by Gasteiger charge is -2.20.